The van der Waals surface area contributed by atoms with E-state index in [4.69, 9.17) is 5.73 Å². The molecule has 10 nitrogen and oxygen atoms in total. The van der Waals surface area contributed by atoms with Crippen molar-refractivity contribution in [3.63, 3.8) is 0 Å². The van der Waals surface area contributed by atoms with Crippen molar-refractivity contribution in [2.45, 2.75) is 50.6 Å². The summed E-state index contributed by atoms with van der Waals surface area (Å²) < 4.78 is 43.0. The Morgan fingerprint density at radius 1 is 1.16 bits per heavy atom. The number of hydrogen-bond acceptors (Lipinski definition) is 6. The Morgan fingerprint density at radius 3 is 2.45 bits per heavy atom. The van der Waals surface area contributed by atoms with Gasteiger partial charge >= 0.3 is 6.36 Å². The van der Waals surface area contributed by atoms with Crippen molar-refractivity contribution >= 4 is 23.5 Å². The molecule has 13 heteroatoms. The van der Waals surface area contributed by atoms with Crippen molar-refractivity contribution in [2.24, 2.45) is 17.6 Å². The number of alkyl halides is 3. The molecular weight excluding hydrogens is 507 g/mol. The summed E-state index contributed by atoms with van der Waals surface area (Å²) in [6.07, 6.45) is -1.43. The van der Waals surface area contributed by atoms with E-state index in [-0.39, 0.29) is 24.1 Å². The maximum atomic E-state index is 13.7. The number of imidazole rings is 1. The third-order valence-corrected chi connectivity index (χ3v) is 6.72. The van der Waals surface area contributed by atoms with Gasteiger partial charge in [0.2, 0.25) is 11.8 Å². The quantitative estimate of drug-likeness (QED) is 0.380. The molecule has 4 N–H and O–H groups in total. The van der Waals surface area contributed by atoms with Gasteiger partial charge in [0.15, 0.2) is 11.6 Å². The largest absolute Gasteiger partial charge is 0.522 e. The number of halogens is 3. The maximum Gasteiger partial charge on any atom is 0.522 e. The van der Waals surface area contributed by atoms with Crippen molar-refractivity contribution < 1.29 is 37.1 Å². The minimum atomic E-state index is -5.04. The van der Waals surface area contributed by atoms with Crippen molar-refractivity contribution in [1.82, 2.24) is 20.2 Å². The summed E-state index contributed by atoms with van der Waals surface area (Å²) in [5.41, 5.74) is 6.67. The second-order valence-corrected chi connectivity index (χ2v) is 9.54. The van der Waals surface area contributed by atoms with Crippen LogP contribution in [-0.2, 0) is 19.1 Å². The Balaban J connectivity index is 1.65. The number of carbonyl (C=O) groups is 4. The average molecular weight is 536 g/mol. The van der Waals surface area contributed by atoms with E-state index >= 15 is 0 Å². The van der Waals surface area contributed by atoms with Gasteiger partial charge in [-0.05, 0) is 30.7 Å². The standard InChI is InChI=1S/C25H28F3N5O5/c26-25(27,28)38-13-20(34)17(11-16-8-9-30-23(16)36)32-24(37)18(10-14-6-7-14)33-19(12-31-22(33)21(29)35)15-4-2-1-3-5-15/h1-5,12,14,16-18H,6-11,13H2,(H2,29,35)(H,30,36)(H,32,37)/t16-,17-,18-/m0/s1. The Hall–Kier alpha value is -3.74. The van der Waals surface area contributed by atoms with Crippen LogP contribution in [0, 0.1) is 11.8 Å². The number of rotatable bonds is 12. The lowest BCUT2D eigenvalue weighted by atomic mass is 9.95. The third kappa shape index (κ3) is 6.77. The topological polar surface area (TPSA) is 145 Å². The molecule has 1 aromatic carbocycles. The van der Waals surface area contributed by atoms with Gasteiger partial charge in [-0.2, -0.15) is 0 Å². The SMILES string of the molecule is NC(=O)c1ncc(-c2ccccc2)n1[C@@H](CC1CC1)C(=O)N[C@@H](C[C@@H]1CCNC1=O)C(=O)COC(F)(F)F. The number of hydrogen-bond donors (Lipinski definition) is 3. The molecule has 38 heavy (non-hydrogen) atoms. The molecule has 3 amide bonds. The number of carbonyl (C=O) groups excluding carboxylic acids is 4. The fourth-order valence-corrected chi connectivity index (χ4v) is 4.63. The average Bonchev–Trinajstić information content (AvgIpc) is 3.44. The summed E-state index contributed by atoms with van der Waals surface area (Å²) in [5, 5.41) is 5.16. The third-order valence-electron chi connectivity index (χ3n) is 6.72. The molecule has 1 aliphatic carbocycles. The molecular formula is C25H28F3N5O5. The summed E-state index contributed by atoms with van der Waals surface area (Å²) in [7, 11) is 0. The molecule has 0 unspecified atom stereocenters. The molecule has 2 aromatic rings. The molecule has 204 valence electrons. The highest BCUT2D eigenvalue weighted by Crippen LogP contribution is 2.39. The number of aromatic nitrogens is 2. The van der Waals surface area contributed by atoms with Crippen LogP contribution in [0.25, 0.3) is 11.3 Å². The molecule has 1 saturated heterocycles. The molecule has 0 radical (unpaired) electrons. The highest BCUT2D eigenvalue weighted by Gasteiger charge is 2.38. The molecule has 1 aliphatic heterocycles. The van der Waals surface area contributed by atoms with Crippen LogP contribution in [0.3, 0.4) is 0 Å². The minimum absolute atomic E-state index is 0.164. The van der Waals surface area contributed by atoms with Crippen LogP contribution in [0.2, 0.25) is 0 Å². The Labute approximate surface area is 216 Å². The first-order chi connectivity index (χ1) is 18.0. The zero-order valence-corrected chi connectivity index (χ0v) is 20.4. The zero-order valence-electron chi connectivity index (χ0n) is 20.4. The predicted molar refractivity (Wildman–Crippen MR) is 127 cm³/mol. The van der Waals surface area contributed by atoms with E-state index in [0.717, 1.165) is 12.8 Å². The van der Waals surface area contributed by atoms with Gasteiger partial charge < -0.3 is 20.9 Å². The summed E-state index contributed by atoms with van der Waals surface area (Å²) >= 11 is 0. The van der Waals surface area contributed by atoms with Gasteiger partial charge in [0.1, 0.15) is 12.6 Å². The fraction of sp³-hybridized carbons (Fsp3) is 0.480. The van der Waals surface area contributed by atoms with E-state index in [1.807, 2.05) is 0 Å². The number of nitrogens with two attached hydrogens (primary N) is 1. The van der Waals surface area contributed by atoms with E-state index in [1.54, 1.807) is 30.3 Å². The van der Waals surface area contributed by atoms with Gasteiger partial charge in [-0.3, -0.25) is 23.9 Å². The molecule has 0 spiro atoms. The van der Waals surface area contributed by atoms with E-state index in [2.05, 4.69) is 20.4 Å². The molecule has 1 saturated carbocycles. The van der Waals surface area contributed by atoms with Crippen molar-refractivity contribution in [3.05, 3.63) is 42.4 Å². The van der Waals surface area contributed by atoms with Crippen LogP contribution in [0.15, 0.2) is 36.5 Å². The second-order valence-electron chi connectivity index (χ2n) is 9.54. The number of ketones is 1. The molecule has 2 heterocycles. The number of nitrogens with one attached hydrogen (secondary N) is 2. The number of primary amides is 1. The smallest absolute Gasteiger partial charge is 0.363 e. The van der Waals surface area contributed by atoms with Crippen molar-refractivity contribution in [1.29, 1.82) is 0 Å². The van der Waals surface area contributed by atoms with Crippen molar-refractivity contribution in [3.8, 4) is 11.3 Å². The highest BCUT2D eigenvalue weighted by atomic mass is 19.4. The maximum absolute atomic E-state index is 13.7. The number of Topliss-reactive ketones (excluding diaryl/α,β-unsaturated/α-hetero) is 1. The van der Waals surface area contributed by atoms with Crippen LogP contribution < -0.4 is 16.4 Å². The van der Waals surface area contributed by atoms with Gasteiger partial charge in [0, 0.05) is 12.5 Å². The molecule has 4 rings (SSSR count). The first-order valence-corrected chi connectivity index (χ1v) is 12.3. The van der Waals surface area contributed by atoms with Gasteiger partial charge in [0.25, 0.3) is 5.91 Å². The number of amides is 3. The van der Waals surface area contributed by atoms with E-state index in [9.17, 15) is 32.3 Å². The number of benzene rings is 1. The Kier molecular flexibility index (Phi) is 8.14. The van der Waals surface area contributed by atoms with Crippen LogP contribution >= 0.6 is 0 Å². The molecule has 2 aliphatic rings. The predicted octanol–water partition coefficient (Wildman–Crippen LogP) is 2.11. The van der Waals surface area contributed by atoms with Gasteiger partial charge in [-0.1, -0.05) is 43.2 Å². The first-order valence-electron chi connectivity index (χ1n) is 12.3. The van der Waals surface area contributed by atoms with Crippen LogP contribution in [0.4, 0.5) is 13.2 Å². The summed E-state index contributed by atoms with van der Waals surface area (Å²) in [5.74, 6) is -3.59. The van der Waals surface area contributed by atoms with Crippen LogP contribution in [0.1, 0.15) is 48.8 Å². The second kappa shape index (κ2) is 11.3. The van der Waals surface area contributed by atoms with Gasteiger partial charge in [-0.25, -0.2) is 4.98 Å². The lowest BCUT2D eigenvalue weighted by Gasteiger charge is -2.26. The summed E-state index contributed by atoms with van der Waals surface area (Å²) in [4.78, 5) is 55.0. The Morgan fingerprint density at radius 2 is 1.87 bits per heavy atom. The van der Waals surface area contributed by atoms with Gasteiger partial charge in [-0.15, -0.1) is 13.2 Å². The van der Waals surface area contributed by atoms with Crippen LogP contribution in [0.5, 0.6) is 0 Å². The lowest BCUT2D eigenvalue weighted by molar-refractivity contribution is -0.321. The van der Waals surface area contributed by atoms with Crippen LogP contribution in [-0.4, -0.2) is 58.6 Å². The molecule has 2 fully saturated rings. The first kappa shape index (κ1) is 27.3. The van der Waals surface area contributed by atoms with Crippen molar-refractivity contribution in [2.75, 3.05) is 13.2 Å². The number of ether oxygens (including phenoxy) is 1. The monoisotopic (exact) mass is 535 g/mol. The lowest BCUT2D eigenvalue weighted by Crippen LogP contribution is -2.47. The summed E-state index contributed by atoms with van der Waals surface area (Å²) in [6.45, 7) is -0.956. The summed E-state index contributed by atoms with van der Waals surface area (Å²) in [6, 6.07) is 6.43. The molecule has 0 bridgehead atoms. The fourth-order valence-electron chi connectivity index (χ4n) is 4.63. The normalized spacial score (nSPS) is 19.0. The van der Waals surface area contributed by atoms with E-state index in [0.29, 0.717) is 30.6 Å². The zero-order chi connectivity index (χ0) is 27.4. The molecule has 3 atom stereocenters. The van der Waals surface area contributed by atoms with E-state index in [1.165, 1.54) is 10.8 Å². The molecule has 1 aromatic heterocycles. The minimum Gasteiger partial charge on any atom is -0.363 e. The Bertz CT molecular complexity index is 1200. The highest BCUT2D eigenvalue weighted by molar-refractivity contribution is 5.94. The van der Waals surface area contributed by atoms with Gasteiger partial charge in [0.05, 0.1) is 17.9 Å². The van der Waals surface area contributed by atoms with E-state index < -0.39 is 48.6 Å². The number of nitrogens with zero attached hydrogens (tertiary/aromatic N) is 2.